The molecule has 0 aliphatic carbocycles. The Morgan fingerprint density at radius 1 is 1.29 bits per heavy atom. The van der Waals surface area contributed by atoms with Crippen molar-refractivity contribution in [3.63, 3.8) is 0 Å². The van der Waals surface area contributed by atoms with Crippen molar-refractivity contribution in [2.75, 3.05) is 11.9 Å². The number of amides is 1. The Labute approximate surface area is 118 Å². The van der Waals surface area contributed by atoms with E-state index in [0.29, 0.717) is 0 Å². The second kappa shape index (κ2) is 6.80. The highest BCUT2D eigenvalue weighted by Crippen LogP contribution is 1.93. The van der Waals surface area contributed by atoms with E-state index >= 15 is 0 Å². The molecule has 0 spiro atoms. The van der Waals surface area contributed by atoms with E-state index in [9.17, 15) is 14.4 Å². The van der Waals surface area contributed by atoms with Gasteiger partial charge in [-0.1, -0.05) is 30.3 Å². The van der Waals surface area contributed by atoms with Crippen LogP contribution in [0.4, 0.5) is 5.82 Å². The van der Waals surface area contributed by atoms with Crippen LogP contribution in [0.2, 0.25) is 0 Å². The quantitative estimate of drug-likeness (QED) is 0.415. The summed E-state index contributed by atoms with van der Waals surface area (Å²) in [6, 6.07) is 9.22. The van der Waals surface area contributed by atoms with Gasteiger partial charge in [-0.2, -0.15) is 5.10 Å². The van der Waals surface area contributed by atoms with Crippen molar-refractivity contribution in [2.24, 2.45) is 5.10 Å². The number of H-pyrrole nitrogens is 2. The van der Waals surface area contributed by atoms with Crippen LogP contribution in [0.5, 0.6) is 0 Å². The summed E-state index contributed by atoms with van der Waals surface area (Å²) in [5.74, 6) is -0.619. The standard InChI is InChI=1S/C12H12N6O3/c19-9(16-14-6-8-4-2-1-3-5-8)7-13-10-11(20)15-12(21)18-17-10/h1-6H,7H2,(H,13,17)(H,16,19)(H2,15,18,20,21). The molecule has 9 nitrogen and oxygen atoms in total. The topological polar surface area (TPSA) is 132 Å². The van der Waals surface area contributed by atoms with Gasteiger partial charge >= 0.3 is 5.69 Å². The Hall–Kier alpha value is -3.23. The Bertz CT molecular complexity index is 749. The van der Waals surface area contributed by atoms with E-state index in [-0.39, 0.29) is 12.4 Å². The molecule has 0 saturated heterocycles. The maximum absolute atomic E-state index is 11.5. The third-order valence-corrected chi connectivity index (χ3v) is 2.33. The molecule has 9 heteroatoms. The first kappa shape index (κ1) is 14.2. The van der Waals surface area contributed by atoms with Crippen LogP contribution in [0.15, 0.2) is 45.0 Å². The van der Waals surface area contributed by atoms with Crippen LogP contribution in [0.3, 0.4) is 0 Å². The van der Waals surface area contributed by atoms with E-state index < -0.39 is 17.2 Å². The number of anilines is 1. The normalized spacial score (nSPS) is 10.5. The average molecular weight is 288 g/mol. The summed E-state index contributed by atoms with van der Waals surface area (Å²) in [5.41, 5.74) is 1.70. The Morgan fingerprint density at radius 3 is 2.76 bits per heavy atom. The summed E-state index contributed by atoms with van der Waals surface area (Å²) < 4.78 is 0. The zero-order valence-electron chi connectivity index (χ0n) is 10.8. The number of aromatic amines is 2. The summed E-state index contributed by atoms with van der Waals surface area (Å²) in [6.07, 6.45) is 1.49. The third-order valence-electron chi connectivity index (χ3n) is 2.33. The minimum absolute atomic E-state index is 0.156. The van der Waals surface area contributed by atoms with Gasteiger partial charge in [-0.05, 0) is 5.56 Å². The third kappa shape index (κ3) is 4.42. The molecule has 0 atom stereocenters. The van der Waals surface area contributed by atoms with Crippen molar-refractivity contribution in [1.29, 1.82) is 0 Å². The molecule has 1 aromatic heterocycles. The first-order valence-electron chi connectivity index (χ1n) is 5.95. The van der Waals surface area contributed by atoms with E-state index in [1.165, 1.54) is 6.21 Å². The highest BCUT2D eigenvalue weighted by Gasteiger charge is 2.04. The van der Waals surface area contributed by atoms with Crippen molar-refractivity contribution in [2.45, 2.75) is 0 Å². The van der Waals surface area contributed by atoms with E-state index in [1.807, 2.05) is 40.4 Å². The number of hydrazone groups is 1. The molecule has 1 heterocycles. The number of carbonyl (C=O) groups excluding carboxylic acids is 1. The fourth-order valence-electron chi connectivity index (χ4n) is 1.39. The van der Waals surface area contributed by atoms with Crippen LogP contribution in [0.1, 0.15) is 5.56 Å². The predicted molar refractivity (Wildman–Crippen MR) is 76.1 cm³/mol. The molecular formula is C12H12N6O3. The van der Waals surface area contributed by atoms with E-state index in [0.717, 1.165) is 5.56 Å². The molecule has 0 fully saturated rings. The molecule has 1 aromatic carbocycles. The van der Waals surface area contributed by atoms with Gasteiger partial charge < -0.3 is 5.32 Å². The lowest BCUT2D eigenvalue weighted by Gasteiger charge is -2.02. The number of hydrogen-bond acceptors (Lipinski definition) is 6. The van der Waals surface area contributed by atoms with Crippen molar-refractivity contribution in [3.05, 3.63) is 56.7 Å². The number of nitrogens with zero attached hydrogens (tertiary/aromatic N) is 2. The van der Waals surface area contributed by atoms with Gasteiger partial charge in [0.05, 0.1) is 12.8 Å². The second-order valence-corrected chi connectivity index (χ2v) is 3.91. The zero-order valence-corrected chi connectivity index (χ0v) is 10.8. The van der Waals surface area contributed by atoms with Gasteiger partial charge in [-0.25, -0.2) is 15.3 Å². The molecule has 21 heavy (non-hydrogen) atoms. The molecule has 2 aromatic rings. The highest BCUT2D eigenvalue weighted by atomic mass is 16.2. The Morgan fingerprint density at radius 2 is 2.05 bits per heavy atom. The maximum Gasteiger partial charge on any atom is 0.342 e. The summed E-state index contributed by atoms with van der Waals surface area (Å²) in [4.78, 5) is 35.5. The van der Waals surface area contributed by atoms with Crippen LogP contribution in [-0.2, 0) is 4.79 Å². The van der Waals surface area contributed by atoms with Gasteiger partial charge in [0, 0.05) is 0 Å². The summed E-state index contributed by atoms with van der Waals surface area (Å²) in [7, 11) is 0. The van der Waals surface area contributed by atoms with Crippen LogP contribution < -0.4 is 22.0 Å². The lowest BCUT2D eigenvalue weighted by molar-refractivity contribution is -0.119. The van der Waals surface area contributed by atoms with Crippen LogP contribution in [0, 0.1) is 0 Å². The number of rotatable bonds is 5. The Kier molecular flexibility index (Phi) is 4.59. The van der Waals surface area contributed by atoms with E-state index in [2.05, 4.69) is 20.9 Å². The van der Waals surface area contributed by atoms with Gasteiger partial charge in [-0.3, -0.25) is 14.6 Å². The van der Waals surface area contributed by atoms with Crippen LogP contribution in [0.25, 0.3) is 0 Å². The second-order valence-electron chi connectivity index (χ2n) is 3.91. The fraction of sp³-hybridized carbons (Fsp3) is 0.0833. The van der Waals surface area contributed by atoms with Crippen molar-refractivity contribution >= 4 is 17.9 Å². The largest absolute Gasteiger partial charge is 0.355 e. The predicted octanol–water partition coefficient (Wildman–Crippen LogP) is -0.980. The molecule has 0 aliphatic heterocycles. The SMILES string of the molecule is O=C(CNc1n[nH]c(=O)[nH]c1=O)NN=Cc1ccccc1. The van der Waals surface area contributed by atoms with Gasteiger partial charge in [0.2, 0.25) is 5.82 Å². The number of nitrogens with one attached hydrogen (secondary N) is 4. The molecule has 0 unspecified atom stereocenters. The van der Waals surface area contributed by atoms with E-state index in [1.54, 1.807) is 0 Å². The van der Waals surface area contributed by atoms with Crippen molar-refractivity contribution in [1.82, 2.24) is 20.6 Å². The minimum atomic E-state index is -0.720. The van der Waals surface area contributed by atoms with Gasteiger partial charge in [0.1, 0.15) is 0 Å². The molecule has 0 saturated carbocycles. The van der Waals surface area contributed by atoms with Crippen LogP contribution >= 0.6 is 0 Å². The monoisotopic (exact) mass is 288 g/mol. The van der Waals surface area contributed by atoms with E-state index in [4.69, 9.17) is 0 Å². The highest BCUT2D eigenvalue weighted by molar-refractivity contribution is 5.84. The minimum Gasteiger partial charge on any atom is -0.355 e. The lowest BCUT2D eigenvalue weighted by atomic mass is 10.2. The fourth-order valence-corrected chi connectivity index (χ4v) is 1.39. The molecule has 0 bridgehead atoms. The number of benzene rings is 1. The summed E-state index contributed by atoms with van der Waals surface area (Å²) in [6.45, 7) is -0.214. The number of hydrogen-bond donors (Lipinski definition) is 4. The maximum atomic E-state index is 11.5. The number of carbonyl (C=O) groups is 1. The molecule has 1 amide bonds. The molecular weight excluding hydrogens is 276 g/mol. The number of aromatic nitrogens is 3. The Balaban J connectivity index is 1.84. The van der Waals surface area contributed by atoms with Gasteiger partial charge in [-0.15, -0.1) is 5.10 Å². The summed E-state index contributed by atoms with van der Waals surface area (Å²) >= 11 is 0. The molecule has 0 aliphatic rings. The van der Waals surface area contributed by atoms with Crippen LogP contribution in [-0.4, -0.2) is 33.8 Å². The average Bonchev–Trinajstić information content (AvgIpc) is 2.47. The van der Waals surface area contributed by atoms with Gasteiger partial charge in [0.25, 0.3) is 11.5 Å². The lowest BCUT2D eigenvalue weighted by Crippen LogP contribution is -2.31. The summed E-state index contributed by atoms with van der Waals surface area (Å²) in [5, 5.41) is 11.8. The first-order valence-corrected chi connectivity index (χ1v) is 5.95. The molecule has 0 radical (unpaired) electrons. The molecule has 108 valence electrons. The molecule has 2 rings (SSSR count). The van der Waals surface area contributed by atoms with Crippen molar-refractivity contribution in [3.8, 4) is 0 Å². The van der Waals surface area contributed by atoms with Gasteiger partial charge in [0.15, 0.2) is 0 Å². The molecule has 4 N–H and O–H groups in total. The smallest absolute Gasteiger partial charge is 0.342 e. The van der Waals surface area contributed by atoms with Crippen molar-refractivity contribution < 1.29 is 4.79 Å². The zero-order chi connectivity index (χ0) is 15.1. The first-order chi connectivity index (χ1) is 10.1.